The minimum absolute atomic E-state index is 0.836. The number of anilines is 1. The molecule has 0 fully saturated rings. The molecule has 0 amide bonds. The molecule has 2 aromatic heterocycles. The lowest BCUT2D eigenvalue weighted by molar-refractivity contribution is 0.838. The van der Waals surface area contributed by atoms with Crippen molar-refractivity contribution in [3.63, 3.8) is 0 Å². The van der Waals surface area contributed by atoms with Gasteiger partial charge in [0.25, 0.3) is 0 Å². The molecule has 0 atom stereocenters. The Kier molecular flexibility index (Phi) is 2.71. The van der Waals surface area contributed by atoms with Crippen LogP contribution in [0.15, 0.2) is 24.3 Å². The van der Waals surface area contributed by atoms with Gasteiger partial charge in [-0.25, -0.2) is 0 Å². The predicted molar refractivity (Wildman–Crippen MR) is 73.0 cm³/mol. The second kappa shape index (κ2) is 4.38. The molecule has 6 heteroatoms. The molecule has 18 heavy (non-hydrogen) atoms. The van der Waals surface area contributed by atoms with E-state index in [1.807, 2.05) is 23.7 Å². The zero-order chi connectivity index (χ0) is 12.5. The van der Waals surface area contributed by atoms with Crippen molar-refractivity contribution in [2.75, 3.05) is 12.4 Å². The van der Waals surface area contributed by atoms with Gasteiger partial charge in [-0.15, -0.1) is 10.2 Å². The summed E-state index contributed by atoms with van der Waals surface area (Å²) in [5.74, 6) is 0.902. The summed E-state index contributed by atoms with van der Waals surface area (Å²) in [6.45, 7) is 2.05. The van der Waals surface area contributed by atoms with E-state index in [0.717, 1.165) is 33.5 Å². The first kappa shape index (κ1) is 11.2. The quantitative estimate of drug-likeness (QED) is 0.785. The van der Waals surface area contributed by atoms with Crippen molar-refractivity contribution in [3.05, 3.63) is 30.1 Å². The molecule has 5 nitrogen and oxygen atoms in total. The standard InChI is InChI=1S/C12H13N5S/c1-3-10-14-15-12-17(10)16-11(18-12)8-4-6-9(13-2)7-5-8/h4-7,13H,3H2,1-2H3. The Morgan fingerprint density at radius 1 is 1.22 bits per heavy atom. The van der Waals surface area contributed by atoms with E-state index >= 15 is 0 Å². The molecule has 1 N–H and O–H groups in total. The van der Waals surface area contributed by atoms with Crippen LogP contribution in [0.4, 0.5) is 5.69 Å². The molecular weight excluding hydrogens is 246 g/mol. The summed E-state index contributed by atoms with van der Waals surface area (Å²) < 4.78 is 1.83. The van der Waals surface area contributed by atoms with E-state index in [4.69, 9.17) is 0 Å². The van der Waals surface area contributed by atoms with Gasteiger partial charge in [-0.3, -0.25) is 0 Å². The van der Waals surface area contributed by atoms with Gasteiger partial charge in [-0.05, 0) is 24.3 Å². The maximum absolute atomic E-state index is 4.56. The lowest BCUT2D eigenvalue weighted by Gasteiger charge is -2.00. The van der Waals surface area contributed by atoms with Gasteiger partial charge in [0.15, 0.2) is 5.82 Å². The SMILES string of the molecule is CCc1nnc2sc(-c3ccc(NC)cc3)nn12. The molecule has 0 aliphatic carbocycles. The summed E-state index contributed by atoms with van der Waals surface area (Å²) in [7, 11) is 1.91. The summed E-state index contributed by atoms with van der Waals surface area (Å²) in [6.07, 6.45) is 0.836. The number of fused-ring (bicyclic) bond motifs is 1. The third kappa shape index (κ3) is 1.74. The second-order valence-corrected chi connectivity index (χ2v) is 4.85. The van der Waals surface area contributed by atoms with Crippen LogP contribution in [0.25, 0.3) is 15.5 Å². The maximum Gasteiger partial charge on any atom is 0.234 e. The molecule has 0 spiro atoms. The van der Waals surface area contributed by atoms with Crippen LogP contribution in [0.5, 0.6) is 0 Å². The minimum Gasteiger partial charge on any atom is -0.388 e. The fourth-order valence-corrected chi connectivity index (χ4v) is 2.64. The van der Waals surface area contributed by atoms with Gasteiger partial charge in [0.2, 0.25) is 4.96 Å². The van der Waals surface area contributed by atoms with Gasteiger partial charge in [0, 0.05) is 24.7 Å². The van der Waals surface area contributed by atoms with Crippen molar-refractivity contribution >= 4 is 22.0 Å². The second-order valence-electron chi connectivity index (χ2n) is 3.90. The number of aryl methyl sites for hydroxylation is 1. The minimum atomic E-state index is 0.836. The third-order valence-corrected chi connectivity index (χ3v) is 3.74. The monoisotopic (exact) mass is 259 g/mol. The highest BCUT2D eigenvalue weighted by Gasteiger charge is 2.11. The fraction of sp³-hybridized carbons (Fsp3) is 0.250. The van der Waals surface area contributed by atoms with Gasteiger partial charge >= 0.3 is 0 Å². The predicted octanol–water partition coefficient (Wildman–Crippen LogP) is 2.46. The van der Waals surface area contributed by atoms with E-state index in [-0.39, 0.29) is 0 Å². The molecule has 3 rings (SSSR count). The fourth-order valence-electron chi connectivity index (χ4n) is 1.77. The number of aromatic nitrogens is 4. The lowest BCUT2D eigenvalue weighted by Crippen LogP contribution is -1.93. The first-order valence-corrected chi connectivity index (χ1v) is 6.62. The topological polar surface area (TPSA) is 55.1 Å². The van der Waals surface area contributed by atoms with Crippen molar-refractivity contribution in [1.82, 2.24) is 19.8 Å². The highest BCUT2D eigenvalue weighted by atomic mass is 32.1. The van der Waals surface area contributed by atoms with E-state index in [2.05, 4.69) is 39.7 Å². The van der Waals surface area contributed by atoms with E-state index in [1.54, 1.807) is 11.3 Å². The highest BCUT2D eigenvalue weighted by molar-refractivity contribution is 7.19. The van der Waals surface area contributed by atoms with E-state index in [1.165, 1.54) is 0 Å². The number of hydrogen-bond acceptors (Lipinski definition) is 5. The molecule has 3 aromatic rings. The van der Waals surface area contributed by atoms with Crippen molar-refractivity contribution in [3.8, 4) is 10.6 Å². The van der Waals surface area contributed by atoms with Crippen LogP contribution in [-0.2, 0) is 6.42 Å². The average Bonchev–Trinajstić information content (AvgIpc) is 2.98. The normalized spacial score (nSPS) is 11.0. The summed E-state index contributed by atoms with van der Waals surface area (Å²) in [5.41, 5.74) is 2.20. The van der Waals surface area contributed by atoms with Crippen LogP contribution in [0.1, 0.15) is 12.7 Å². The molecule has 1 aromatic carbocycles. The molecule has 0 saturated carbocycles. The molecule has 0 bridgehead atoms. The number of nitrogens with zero attached hydrogens (tertiary/aromatic N) is 4. The summed E-state index contributed by atoms with van der Waals surface area (Å²) in [5, 5.41) is 16.8. The molecule has 0 aliphatic rings. The number of benzene rings is 1. The zero-order valence-corrected chi connectivity index (χ0v) is 11.0. The third-order valence-electron chi connectivity index (χ3n) is 2.79. The smallest absolute Gasteiger partial charge is 0.234 e. The van der Waals surface area contributed by atoms with Crippen LogP contribution in [0.3, 0.4) is 0 Å². The molecule has 0 aliphatic heterocycles. The molecule has 0 unspecified atom stereocenters. The van der Waals surface area contributed by atoms with Crippen molar-refractivity contribution in [1.29, 1.82) is 0 Å². The Morgan fingerprint density at radius 2 is 2.00 bits per heavy atom. The average molecular weight is 259 g/mol. The van der Waals surface area contributed by atoms with E-state index in [9.17, 15) is 0 Å². The van der Waals surface area contributed by atoms with Crippen LogP contribution < -0.4 is 5.32 Å². The maximum atomic E-state index is 4.56. The van der Waals surface area contributed by atoms with Crippen molar-refractivity contribution in [2.45, 2.75) is 13.3 Å². The molecule has 0 radical (unpaired) electrons. The van der Waals surface area contributed by atoms with Gasteiger partial charge in [-0.1, -0.05) is 18.3 Å². The van der Waals surface area contributed by atoms with Crippen LogP contribution >= 0.6 is 11.3 Å². The van der Waals surface area contributed by atoms with Crippen molar-refractivity contribution < 1.29 is 0 Å². The van der Waals surface area contributed by atoms with Gasteiger partial charge < -0.3 is 5.32 Å². The Morgan fingerprint density at radius 3 is 2.67 bits per heavy atom. The van der Waals surface area contributed by atoms with Crippen molar-refractivity contribution in [2.24, 2.45) is 0 Å². The number of nitrogens with one attached hydrogen (secondary N) is 1. The Balaban J connectivity index is 2.04. The molecule has 2 heterocycles. The van der Waals surface area contributed by atoms with Crippen LogP contribution in [0.2, 0.25) is 0 Å². The van der Waals surface area contributed by atoms with E-state index in [0.29, 0.717) is 0 Å². The van der Waals surface area contributed by atoms with E-state index < -0.39 is 0 Å². The van der Waals surface area contributed by atoms with Gasteiger partial charge in [-0.2, -0.15) is 9.61 Å². The lowest BCUT2D eigenvalue weighted by atomic mass is 10.2. The number of hydrogen-bond donors (Lipinski definition) is 1. The van der Waals surface area contributed by atoms with Crippen LogP contribution in [0, 0.1) is 0 Å². The Hall–Kier alpha value is -1.95. The zero-order valence-electron chi connectivity index (χ0n) is 10.2. The number of rotatable bonds is 3. The van der Waals surface area contributed by atoms with Gasteiger partial charge in [0.05, 0.1) is 0 Å². The van der Waals surface area contributed by atoms with Crippen LogP contribution in [-0.4, -0.2) is 26.9 Å². The molecule has 0 saturated heterocycles. The summed E-state index contributed by atoms with van der Waals surface area (Å²) >= 11 is 1.56. The summed E-state index contributed by atoms with van der Waals surface area (Å²) in [4.78, 5) is 0.847. The first-order valence-electron chi connectivity index (χ1n) is 5.81. The molecular formula is C12H13N5S. The summed E-state index contributed by atoms with van der Waals surface area (Å²) in [6, 6.07) is 8.20. The largest absolute Gasteiger partial charge is 0.388 e. The molecule has 92 valence electrons. The first-order chi connectivity index (χ1) is 8.81. The van der Waals surface area contributed by atoms with Gasteiger partial charge in [0.1, 0.15) is 5.01 Å². The highest BCUT2D eigenvalue weighted by Crippen LogP contribution is 2.26. The Bertz CT molecular complexity index is 667. The Labute approximate surface area is 108 Å².